The smallest absolute Gasteiger partial charge is 0.189 e. The lowest BCUT2D eigenvalue weighted by Gasteiger charge is -2.07. The standard InChI is InChI=1S/C14H14ClIO/c15-11-7-8-13(16)12(9-11)14(17)10-5-3-1-2-4-6-10/h5,7-9H,1-4,6H2. The molecule has 0 aromatic heterocycles. The van der Waals surface area contributed by atoms with Gasteiger partial charge in [0.1, 0.15) is 0 Å². The van der Waals surface area contributed by atoms with Gasteiger partial charge in [0.05, 0.1) is 0 Å². The second-order valence-corrected chi connectivity index (χ2v) is 5.88. The summed E-state index contributed by atoms with van der Waals surface area (Å²) in [4.78, 5) is 12.4. The monoisotopic (exact) mass is 360 g/mol. The summed E-state index contributed by atoms with van der Waals surface area (Å²) in [6, 6.07) is 5.49. The van der Waals surface area contributed by atoms with E-state index in [4.69, 9.17) is 11.6 Å². The predicted octanol–water partition coefficient (Wildman–Crippen LogP) is 5.02. The Hall–Kier alpha value is -0.350. The van der Waals surface area contributed by atoms with Gasteiger partial charge in [-0.25, -0.2) is 0 Å². The van der Waals surface area contributed by atoms with Crippen LogP contribution in [0.1, 0.15) is 42.5 Å². The van der Waals surface area contributed by atoms with Crippen molar-refractivity contribution in [2.45, 2.75) is 32.1 Å². The molecule has 1 nitrogen and oxygen atoms in total. The summed E-state index contributed by atoms with van der Waals surface area (Å²) in [5, 5.41) is 0.628. The van der Waals surface area contributed by atoms with Gasteiger partial charge in [-0.2, -0.15) is 0 Å². The van der Waals surface area contributed by atoms with Crippen molar-refractivity contribution in [1.82, 2.24) is 0 Å². The average molecular weight is 361 g/mol. The molecule has 0 amide bonds. The SMILES string of the molecule is O=C(C1=CCCCCC1)c1cc(Cl)ccc1I. The van der Waals surface area contributed by atoms with E-state index in [0.717, 1.165) is 34.0 Å². The number of carbonyl (C=O) groups is 1. The zero-order chi connectivity index (χ0) is 12.3. The van der Waals surface area contributed by atoms with E-state index in [-0.39, 0.29) is 5.78 Å². The molecular formula is C14H14ClIO. The maximum absolute atomic E-state index is 12.4. The van der Waals surface area contributed by atoms with E-state index in [1.807, 2.05) is 12.1 Å². The lowest BCUT2D eigenvalue weighted by atomic mass is 10.00. The molecule has 0 unspecified atom stereocenters. The van der Waals surface area contributed by atoms with Crippen LogP contribution in [-0.4, -0.2) is 5.78 Å². The van der Waals surface area contributed by atoms with E-state index in [2.05, 4.69) is 28.7 Å². The van der Waals surface area contributed by atoms with Crippen molar-refractivity contribution in [3.8, 4) is 0 Å². The van der Waals surface area contributed by atoms with Crippen LogP contribution < -0.4 is 0 Å². The maximum atomic E-state index is 12.4. The molecule has 1 aliphatic rings. The van der Waals surface area contributed by atoms with Gasteiger partial charge in [0.15, 0.2) is 5.78 Å². The first-order chi connectivity index (χ1) is 8.18. The summed E-state index contributed by atoms with van der Waals surface area (Å²) in [5.41, 5.74) is 1.70. The largest absolute Gasteiger partial charge is 0.289 e. The molecule has 0 aliphatic heterocycles. The minimum Gasteiger partial charge on any atom is -0.289 e. The number of ketones is 1. The molecule has 1 aromatic rings. The molecule has 0 radical (unpaired) electrons. The Balaban J connectivity index is 2.29. The summed E-state index contributed by atoms with van der Waals surface area (Å²) in [6.07, 6.45) is 7.57. The van der Waals surface area contributed by atoms with E-state index < -0.39 is 0 Å². The fourth-order valence-electron chi connectivity index (χ4n) is 2.07. The second kappa shape index (κ2) is 6.01. The summed E-state index contributed by atoms with van der Waals surface area (Å²) in [6.45, 7) is 0. The summed E-state index contributed by atoms with van der Waals surface area (Å²) < 4.78 is 0.974. The molecule has 0 N–H and O–H groups in total. The van der Waals surface area contributed by atoms with E-state index in [1.54, 1.807) is 6.07 Å². The Bertz CT molecular complexity index is 465. The van der Waals surface area contributed by atoms with Crippen LogP contribution in [0.15, 0.2) is 29.8 Å². The molecule has 90 valence electrons. The van der Waals surface area contributed by atoms with Crippen LogP contribution in [0.2, 0.25) is 5.02 Å². The molecule has 0 atom stereocenters. The molecule has 0 saturated heterocycles. The van der Waals surface area contributed by atoms with Crippen LogP contribution in [0.4, 0.5) is 0 Å². The minimum absolute atomic E-state index is 0.152. The van der Waals surface area contributed by atoms with Gasteiger partial charge in [-0.1, -0.05) is 24.1 Å². The van der Waals surface area contributed by atoms with Crippen LogP contribution in [0, 0.1) is 3.57 Å². The summed E-state index contributed by atoms with van der Waals surface area (Å²) in [7, 11) is 0. The fourth-order valence-corrected chi connectivity index (χ4v) is 2.82. The van der Waals surface area contributed by atoms with E-state index in [9.17, 15) is 4.79 Å². The van der Waals surface area contributed by atoms with Crippen molar-refractivity contribution in [2.75, 3.05) is 0 Å². The third-order valence-corrected chi connectivity index (χ3v) is 4.18. The fraction of sp³-hybridized carbons (Fsp3) is 0.357. The highest BCUT2D eigenvalue weighted by atomic mass is 127. The molecule has 0 bridgehead atoms. The van der Waals surface area contributed by atoms with E-state index >= 15 is 0 Å². The number of hydrogen-bond acceptors (Lipinski definition) is 1. The number of allylic oxidation sites excluding steroid dienone is 2. The van der Waals surface area contributed by atoms with Gasteiger partial charge in [0.2, 0.25) is 0 Å². The van der Waals surface area contributed by atoms with Gasteiger partial charge < -0.3 is 0 Å². The first kappa shape index (κ1) is 13.1. The first-order valence-corrected chi connectivity index (χ1v) is 7.33. The van der Waals surface area contributed by atoms with Crippen LogP contribution >= 0.6 is 34.2 Å². The van der Waals surface area contributed by atoms with Gasteiger partial charge in [0, 0.05) is 14.2 Å². The number of benzene rings is 1. The molecule has 0 fully saturated rings. The Morgan fingerprint density at radius 3 is 2.88 bits per heavy atom. The molecule has 0 heterocycles. The summed E-state index contributed by atoms with van der Waals surface area (Å²) >= 11 is 8.15. The Morgan fingerprint density at radius 1 is 1.24 bits per heavy atom. The van der Waals surface area contributed by atoms with Gasteiger partial charge in [0.25, 0.3) is 0 Å². The van der Waals surface area contributed by atoms with Gasteiger partial charge in [-0.3, -0.25) is 4.79 Å². The van der Waals surface area contributed by atoms with Gasteiger partial charge in [-0.15, -0.1) is 0 Å². The van der Waals surface area contributed by atoms with E-state index in [0.29, 0.717) is 5.02 Å². The van der Waals surface area contributed by atoms with Crippen molar-refractivity contribution < 1.29 is 4.79 Å². The quantitative estimate of drug-likeness (QED) is 0.535. The lowest BCUT2D eigenvalue weighted by molar-refractivity contribution is 0.102. The molecule has 0 spiro atoms. The zero-order valence-corrected chi connectivity index (χ0v) is 12.4. The number of halogens is 2. The molecule has 1 aromatic carbocycles. The maximum Gasteiger partial charge on any atom is 0.189 e. The van der Waals surface area contributed by atoms with Crippen molar-refractivity contribution in [3.63, 3.8) is 0 Å². The Labute approximate surface area is 120 Å². The van der Waals surface area contributed by atoms with Crippen molar-refractivity contribution in [1.29, 1.82) is 0 Å². The van der Waals surface area contributed by atoms with Crippen LogP contribution in [-0.2, 0) is 0 Å². The van der Waals surface area contributed by atoms with E-state index in [1.165, 1.54) is 12.8 Å². The third-order valence-electron chi connectivity index (χ3n) is 3.01. The highest BCUT2D eigenvalue weighted by Crippen LogP contribution is 2.25. The number of carbonyl (C=O) groups excluding carboxylic acids is 1. The highest BCUT2D eigenvalue weighted by Gasteiger charge is 2.16. The van der Waals surface area contributed by atoms with Crippen molar-refractivity contribution in [3.05, 3.63) is 44.0 Å². The normalized spacial score (nSPS) is 16.2. The number of hydrogen-bond donors (Lipinski definition) is 0. The molecule has 17 heavy (non-hydrogen) atoms. The van der Waals surface area contributed by atoms with Crippen molar-refractivity contribution in [2.24, 2.45) is 0 Å². The minimum atomic E-state index is 0.152. The van der Waals surface area contributed by atoms with Crippen LogP contribution in [0.25, 0.3) is 0 Å². The third kappa shape index (κ3) is 3.32. The Morgan fingerprint density at radius 2 is 2.06 bits per heavy atom. The van der Waals surface area contributed by atoms with Crippen molar-refractivity contribution >= 4 is 40.0 Å². The first-order valence-electron chi connectivity index (χ1n) is 5.87. The highest BCUT2D eigenvalue weighted by molar-refractivity contribution is 14.1. The predicted molar refractivity (Wildman–Crippen MR) is 79.7 cm³/mol. The molecule has 2 rings (SSSR count). The Kier molecular flexibility index (Phi) is 4.62. The topological polar surface area (TPSA) is 17.1 Å². The van der Waals surface area contributed by atoms with Crippen LogP contribution in [0.5, 0.6) is 0 Å². The van der Waals surface area contributed by atoms with Gasteiger partial charge >= 0.3 is 0 Å². The second-order valence-electron chi connectivity index (χ2n) is 4.28. The molecule has 3 heteroatoms. The molecule has 0 saturated carbocycles. The van der Waals surface area contributed by atoms with Gasteiger partial charge in [-0.05, 0) is 72.0 Å². The lowest BCUT2D eigenvalue weighted by Crippen LogP contribution is -2.05. The average Bonchev–Trinajstić information content (AvgIpc) is 2.60. The number of Topliss-reactive ketones (excluding diaryl/α,β-unsaturated/α-hetero) is 1. The molecule has 1 aliphatic carbocycles. The van der Waals surface area contributed by atoms with Crippen LogP contribution in [0.3, 0.4) is 0 Å². The molecular weight excluding hydrogens is 347 g/mol. The summed E-state index contributed by atoms with van der Waals surface area (Å²) in [5.74, 6) is 0.152. The number of rotatable bonds is 2. The zero-order valence-electron chi connectivity index (χ0n) is 9.51.